The first-order chi connectivity index (χ1) is 13.2. The number of aromatic hydroxyl groups is 2. The number of nitrogens with zero attached hydrogens (tertiary/aromatic N) is 3. The van der Waals surface area contributed by atoms with Gasteiger partial charge in [0.05, 0.1) is 15.7 Å². The molecule has 0 unspecified atom stereocenters. The predicted molar refractivity (Wildman–Crippen MR) is 118 cm³/mol. The average molecular weight is 506 g/mol. The zero-order valence-corrected chi connectivity index (χ0v) is 18.6. The number of benzene rings is 2. The normalized spacial score (nSPS) is 11.5. The van der Waals surface area contributed by atoms with Crippen molar-refractivity contribution in [3.8, 4) is 22.9 Å². The third kappa shape index (κ3) is 4.51. The van der Waals surface area contributed by atoms with Gasteiger partial charge >= 0.3 is 0 Å². The number of nitrogens with one attached hydrogen (secondary N) is 1. The van der Waals surface area contributed by atoms with Gasteiger partial charge in [0.25, 0.3) is 0 Å². The quantitative estimate of drug-likeness (QED) is 0.320. The summed E-state index contributed by atoms with van der Waals surface area (Å²) in [7, 11) is 0. The van der Waals surface area contributed by atoms with Gasteiger partial charge < -0.3 is 10.2 Å². The number of phenolic OH excluding ortho intramolecular Hbond substituents is 2. The Balaban J connectivity index is 1.93. The molecule has 0 bridgehead atoms. The maximum atomic E-state index is 10.4. The van der Waals surface area contributed by atoms with Crippen LogP contribution in [-0.2, 0) is 0 Å². The third-order valence-electron chi connectivity index (χ3n) is 4.08. The smallest absolute Gasteiger partial charge is 0.165 e. The van der Waals surface area contributed by atoms with E-state index in [1.807, 2.05) is 26.8 Å². The first-order valence-corrected chi connectivity index (χ1v) is 9.97. The standard InChI is InChI=1S/C20H18Br2N4O2/c1-10-6-13(4-5-17(10)27)12(3)25-26-18-7-11(2)23-20(24-18)15-8-14(21)9-16(22)19(15)28/h4-9,27-28H,1-3H3,(H,23,24,26)/b25-12-. The van der Waals surface area contributed by atoms with Crippen molar-refractivity contribution in [3.05, 3.63) is 62.2 Å². The predicted octanol–water partition coefficient (Wildman–Crippen LogP) is 5.53. The number of aromatic nitrogens is 2. The van der Waals surface area contributed by atoms with E-state index in [1.165, 1.54) is 0 Å². The van der Waals surface area contributed by atoms with Crippen LogP contribution in [0.25, 0.3) is 11.4 Å². The topological polar surface area (TPSA) is 90.6 Å². The average Bonchev–Trinajstić information content (AvgIpc) is 2.64. The maximum absolute atomic E-state index is 10.4. The first kappa shape index (κ1) is 20.3. The van der Waals surface area contributed by atoms with Crippen LogP contribution in [0.4, 0.5) is 5.82 Å². The van der Waals surface area contributed by atoms with Gasteiger partial charge in [-0.2, -0.15) is 5.10 Å². The van der Waals surface area contributed by atoms with Gasteiger partial charge in [0.2, 0.25) is 0 Å². The van der Waals surface area contributed by atoms with Crippen molar-refractivity contribution >= 4 is 43.4 Å². The molecule has 1 aromatic heterocycles. The van der Waals surface area contributed by atoms with E-state index in [4.69, 9.17) is 0 Å². The Kier molecular flexibility index (Phi) is 6.00. The first-order valence-electron chi connectivity index (χ1n) is 8.39. The van der Waals surface area contributed by atoms with Gasteiger partial charge in [0.15, 0.2) is 11.6 Å². The molecular weight excluding hydrogens is 488 g/mol. The molecule has 1 heterocycles. The highest BCUT2D eigenvalue weighted by Gasteiger charge is 2.13. The molecule has 6 nitrogen and oxygen atoms in total. The van der Waals surface area contributed by atoms with Crippen LogP contribution < -0.4 is 5.43 Å². The molecule has 3 rings (SSSR count). The van der Waals surface area contributed by atoms with Crippen LogP contribution in [0.1, 0.15) is 23.7 Å². The fourth-order valence-corrected chi connectivity index (χ4v) is 3.79. The highest BCUT2D eigenvalue weighted by Crippen LogP contribution is 2.37. The van der Waals surface area contributed by atoms with Crippen molar-refractivity contribution in [2.75, 3.05) is 5.43 Å². The van der Waals surface area contributed by atoms with Crippen molar-refractivity contribution in [2.24, 2.45) is 5.10 Å². The summed E-state index contributed by atoms with van der Waals surface area (Å²) in [6.07, 6.45) is 0. The van der Waals surface area contributed by atoms with Crippen LogP contribution in [0.3, 0.4) is 0 Å². The number of hydrogen-bond donors (Lipinski definition) is 3. The molecule has 0 radical (unpaired) electrons. The molecule has 0 atom stereocenters. The van der Waals surface area contributed by atoms with Crippen LogP contribution in [0.2, 0.25) is 0 Å². The summed E-state index contributed by atoms with van der Waals surface area (Å²) in [5, 5.41) is 24.4. The minimum Gasteiger partial charge on any atom is -0.508 e. The monoisotopic (exact) mass is 504 g/mol. The summed E-state index contributed by atoms with van der Waals surface area (Å²) in [5.41, 5.74) is 6.60. The molecule has 3 N–H and O–H groups in total. The zero-order valence-electron chi connectivity index (χ0n) is 15.5. The number of halogens is 2. The Morgan fingerprint density at radius 2 is 1.79 bits per heavy atom. The molecule has 0 saturated heterocycles. The lowest BCUT2D eigenvalue weighted by Gasteiger charge is -2.10. The third-order valence-corrected chi connectivity index (χ3v) is 5.14. The Bertz CT molecular complexity index is 1080. The summed E-state index contributed by atoms with van der Waals surface area (Å²) >= 11 is 6.74. The van der Waals surface area contributed by atoms with Crippen LogP contribution >= 0.6 is 31.9 Å². The van der Waals surface area contributed by atoms with E-state index >= 15 is 0 Å². The fraction of sp³-hybridized carbons (Fsp3) is 0.150. The second-order valence-electron chi connectivity index (χ2n) is 6.31. The Labute approximate surface area is 179 Å². The highest BCUT2D eigenvalue weighted by molar-refractivity contribution is 9.11. The van der Waals surface area contributed by atoms with E-state index < -0.39 is 0 Å². The molecule has 0 amide bonds. The number of hydrogen-bond acceptors (Lipinski definition) is 6. The lowest BCUT2D eigenvalue weighted by atomic mass is 10.1. The van der Waals surface area contributed by atoms with Crippen molar-refractivity contribution < 1.29 is 10.2 Å². The summed E-state index contributed by atoms with van der Waals surface area (Å²) < 4.78 is 1.34. The van der Waals surface area contributed by atoms with Gasteiger partial charge in [-0.1, -0.05) is 15.9 Å². The maximum Gasteiger partial charge on any atom is 0.165 e. The van der Waals surface area contributed by atoms with E-state index in [1.54, 1.807) is 30.3 Å². The van der Waals surface area contributed by atoms with Crippen molar-refractivity contribution in [3.63, 3.8) is 0 Å². The molecule has 2 aromatic carbocycles. The lowest BCUT2D eigenvalue weighted by Crippen LogP contribution is -2.03. The van der Waals surface area contributed by atoms with Gasteiger partial charge in [0, 0.05) is 16.2 Å². The molecule has 0 aliphatic carbocycles. The fourth-order valence-electron chi connectivity index (χ4n) is 2.57. The van der Waals surface area contributed by atoms with Crippen molar-refractivity contribution in [1.82, 2.24) is 9.97 Å². The molecule has 3 aromatic rings. The number of aryl methyl sites for hydroxylation is 2. The van der Waals surface area contributed by atoms with E-state index in [0.29, 0.717) is 21.7 Å². The molecule has 8 heteroatoms. The molecular formula is C20H18Br2N4O2. The van der Waals surface area contributed by atoms with E-state index in [2.05, 4.69) is 52.4 Å². The van der Waals surface area contributed by atoms with Crippen molar-refractivity contribution in [2.45, 2.75) is 20.8 Å². The molecule has 0 aliphatic rings. The van der Waals surface area contributed by atoms with Crippen molar-refractivity contribution in [1.29, 1.82) is 0 Å². The minimum absolute atomic E-state index is 0.0685. The van der Waals surface area contributed by atoms with E-state index in [9.17, 15) is 10.2 Å². The van der Waals surface area contributed by atoms with E-state index in [-0.39, 0.29) is 11.5 Å². The number of rotatable bonds is 4. The second-order valence-corrected chi connectivity index (χ2v) is 8.08. The van der Waals surface area contributed by atoms with Gasteiger partial charge in [-0.05, 0) is 78.2 Å². The van der Waals surface area contributed by atoms with Crippen LogP contribution in [0, 0.1) is 13.8 Å². The molecule has 28 heavy (non-hydrogen) atoms. The minimum atomic E-state index is 0.0685. The second kappa shape index (κ2) is 8.28. The largest absolute Gasteiger partial charge is 0.508 e. The van der Waals surface area contributed by atoms with Gasteiger partial charge in [-0.3, -0.25) is 5.43 Å². The van der Waals surface area contributed by atoms with Crippen LogP contribution in [-0.4, -0.2) is 25.9 Å². The molecule has 0 aliphatic heterocycles. The molecule has 0 saturated carbocycles. The highest BCUT2D eigenvalue weighted by atomic mass is 79.9. The summed E-state index contributed by atoms with van der Waals surface area (Å²) in [4.78, 5) is 8.90. The molecule has 144 valence electrons. The lowest BCUT2D eigenvalue weighted by molar-refractivity contribution is 0.471. The summed E-state index contributed by atoms with van der Waals surface area (Å²) in [6, 6.07) is 10.6. The van der Waals surface area contributed by atoms with Crippen LogP contribution in [0.15, 0.2) is 50.4 Å². The SMILES string of the molecule is C/C(=N/Nc1cc(C)nc(-c2cc(Br)cc(Br)c2O)n1)c1ccc(O)c(C)c1. The molecule has 0 fully saturated rings. The van der Waals surface area contributed by atoms with Gasteiger partial charge in [0.1, 0.15) is 11.5 Å². The Morgan fingerprint density at radius 3 is 2.50 bits per heavy atom. The summed E-state index contributed by atoms with van der Waals surface area (Å²) in [5.74, 6) is 1.21. The Hall–Kier alpha value is -2.45. The number of phenols is 2. The number of hydrazone groups is 1. The van der Waals surface area contributed by atoms with Gasteiger partial charge in [-0.25, -0.2) is 9.97 Å². The molecule has 0 spiro atoms. The number of anilines is 1. The summed E-state index contributed by atoms with van der Waals surface area (Å²) in [6.45, 7) is 5.55. The van der Waals surface area contributed by atoms with Gasteiger partial charge in [-0.15, -0.1) is 0 Å². The Morgan fingerprint density at radius 1 is 1.04 bits per heavy atom. The van der Waals surface area contributed by atoms with E-state index in [0.717, 1.165) is 27.0 Å². The van der Waals surface area contributed by atoms with Crippen LogP contribution in [0.5, 0.6) is 11.5 Å². The zero-order chi connectivity index (χ0) is 20.4.